The van der Waals surface area contributed by atoms with Crippen LogP contribution in [-0.4, -0.2) is 6.04 Å². The summed E-state index contributed by atoms with van der Waals surface area (Å²) in [6.07, 6.45) is 1.06. The summed E-state index contributed by atoms with van der Waals surface area (Å²) in [6, 6.07) is 15.3. The Morgan fingerprint density at radius 1 is 1.10 bits per heavy atom. The predicted molar refractivity (Wildman–Crippen MR) is 88.2 cm³/mol. The zero-order valence-corrected chi connectivity index (χ0v) is 13.2. The monoisotopic (exact) mass is 287 g/mol. The molecule has 0 amide bonds. The van der Waals surface area contributed by atoms with Crippen LogP contribution in [0.2, 0.25) is 5.02 Å². The van der Waals surface area contributed by atoms with Crippen LogP contribution in [-0.2, 0) is 13.0 Å². The van der Waals surface area contributed by atoms with E-state index in [1.807, 2.05) is 6.07 Å². The Kier molecular flexibility index (Phi) is 5.22. The predicted octanol–water partition coefficient (Wildman–Crippen LogP) is 5.07. The molecule has 2 heteroatoms. The average Bonchev–Trinajstić information content (AvgIpc) is 2.45. The van der Waals surface area contributed by atoms with Gasteiger partial charge in [-0.3, -0.25) is 0 Å². The third kappa shape index (κ3) is 3.84. The summed E-state index contributed by atoms with van der Waals surface area (Å²) in [5.41, 5.74) is 5.14. The van der Waals surface area contributed by atoms with Crippen LogP contribution in [0.1, 0.15) is 31.9 Å². The first-order valence-corrected chi connectivity index (χ1v) is 7.59. The molecule has 0 saturated carbocycles. The number of halogens is 1. The minimum absolute atomic E-state index is 0.462. The van der Waals surface area contributed by atoms with E-state index in [0.717, 1.165) is 18.0 Å². The van der Waals surface area contributed by atoms with Gasteiger partial charge in [-0.25, -0.2) is 0 Å². The van der Waals surface area contributed by atoms with Crippen molar-refractivity contribution in [3.05, 3.63) is 58.6 Å². The minimum atomic E-state index is 0.462. The minimum Gasteiger partial charge on any atom is -0.310 e. The van der Waals surface area contributed by atoms with Crippen LogP contribution in [0.3, 0.4) is 0 Å². The molecule has 0 radical (unpaired) electrons. The van der Waals surface area contributed by atoms with E-state index in [0.29, 0.717) is 6.04 Å². The van der Waals surface area contributed by atoms with Gasteiger partial charge in [0.05, 0.1) is 0 Å². The van der Waals surface area contributed by atoms with Crippen molar-refractivity contribution in [1.29, 1.82) is 0 Å². The van der Waals surface area contributed by atoms with Crippen molar-refractivity contribution in [2.45, 2.75) is 39.8 Å². The molecule has 1 nitrogen and oxygen atoms in total. The van der Waals surface area contributed by atoms with E-state index >= 15 is 0 Å². The van der Waals surface area contributed by atoms with Crippen molar-refractivity contribution < 1.29 is 0 Å². The maximum atomic E-state index is 6.15. The SMILES string of the molecule is CCc1cccc(-c2ccc(Cl)cc2CNC(C)C)c1. The molecule has 0 atom stereocenters. The highest BCUT2D eigenvalue weighted by molar-refractivity contribution is 6.30. The van der Waals surface area contributed by atoms with Gasteiger partial charge in [0.1, 0.15) is 0 Å². The summed E-state index contributed by atoms with van der Waals surface area (Å²) in [5.74, 6) is 0. The van der Waals surface area contributed by atoms with Crippen LogP contribution in [0, 0.1) is 0 Å². The Morgan fingerprint density at radius 3 is 2.60 bits per heavy atom. The summed E-state index contributed by atoms with van der Waals surface area (Å²) in [5, 5.41) is 4.26. The highest BCUT2D eigenvalue weighted by Gasteiger charge is 2.07. The highest BCUT2D eigenvalue weighted by Crippen LogP contribution is 2.27. The van der Waals surface area contributed by atoms with Gasteiger partial charge >= 0.3 is 0 Å². The van der Waals surface area contributed by atoms with Gasteiger partial charge < -0.3 is 5.32 Å². The summed E-state index contributed by atoms with van der Waals surface area (Å²) in [4.78, 5) is 0. The smallest absolute Gasteiger partial charge is 0.0409 e. The first kappa shape index (κ1) is 15.1. The van der Waals surface area contributed by atoms with E-state index in [9.17, 15) is 0 Å². The van der Waals surface area contributed by atoms with Crippen molar-refractivity contribution in [2.24, 2.45) is 0 Å². The lowest BCUT2D eigenvalue weighted by molar-refractivity contribution is 0.589. The topological polar surface area (TPSA) is 12.0 Å². The Bertz CT molecular complexity index is 575. The van der Waals surface area contributed by atoms with Crippen LogP contribution in [0.4, 0.5) is 0 Å². The molecule has 2 aromatic carbocycles. The molecule has 2 aromatic rings. The van der Waals surface area contributed by atoms with Gasteiger partial charge in [-0.05, 0) is 40.8 Å². The van der Waals surface area contributed by atoms with Crippen molar-refractivity contribution in [3.8, 4) is 11.1 Å². The standard InChI is InChI=1S/C18H22ClN/c1-4-14-6-5-7-15(10-14)18-9-8-17(19)11-16(18)12-20-13(2)3/h5-11,13,20H,4,12H2,1-3H3. The fourth-order valence-electron chi connectivity index (χ4n) is 2.26. The molecule has 0 aliphatic rings. The van der Waals surface area contributed by atoms with E-state index in [2.05, 4.69) is 62.5 Å². The quantitative estimate of drug-likeness (QED) is 0.810. The van der Waals surface area contributed by atoms with Crippen LogP contribution in [0.5, 0.6) is 0 Å². The Labute approximate surface area is 127 Å². The zero-order valence-electron chi connectivity index (χ0n) is 12.4. The van der Waals surface area contributed by atoms with Gasteiger partial charge in [0.25, 0.3) is 0 Å². The van der Waals surface area contributed by atoms with Crippen LogP contribution < -0.4 is 5.32 Å². The van der Waals surface area contributed by atoms with Gasteiger partial charge in [0.2, 0.25) is 0 Å². The van der Waals surface area contributed by atoms with Crippen LogP contribution >= 0.6 is 11.6 Å². The number of aryl methyl sites for hydroxylation is 1. The molecular formula is C18H22ClN. The fourth-order valence-corrected chi connectivity index (χ4v) is 2.46. The Morgan fingerprint density at radius 2 is 1.90 bits per heavy atom. The molecular weight excluding hydrogens is 266 g/mol. The first-order chi connectivity index (χ1) is 9.60. The van der Waals surface area contributed by atoms with Crippen molar-refractivity contribution in [3.63, 3.8) is 0 Å². The van der Waals surface area contributed by atoms with E-state index < -0.39 is 0 Å². The molecule has 20 heavy (non-hydrogen) atoms. The van der Waals surface area contributed by atoms with Crippen molar-refractivity contribution in [1.82, 2.24) is 5.32 Å². The lowest BCUT2D eigenvalue weighted by atomic mass is 9.97. The summed E-state index contributed by atoms with van der Waals surface area (Å²) >= 11 is 6.15. The molecule has 0 aliphatic carbocycles. The van der Waals surface area contributed by atoms with E-state index in [1.54, 1.807) is 0 Å². The highest BCUT2D eigenvalue weighted by atomic mass is 35.5. The normalized spacial score (nSPS) is 11.1. The molecule has 106 valence electrons. The molecule has 0 saturated heterocycles. The van der Waals surface area contributed by atoms with E-state index in [-0.39, 0.29) is 0 Å². The number of benzene rings is 2. The van der Waals surface area contributed by atoms with Gasteiger partial charge in [0.15, 0.2) is 0 Å². The average molecular weight is 288 g/mol. The van der Waals surface area contributed by atoms with E-state index in [4.69, 9.17) is 11.6 Å². The molecule has 2 rings (SSSR count). The van der Waals surface area contributed by atoms with Gasteiger partial charge in [0, 0.05) is 17.6 Å². The number of nitrogens with one attached hydrogen (secondary N) is 1. The van der Waals surface area contributed by atoms with Crippen molar-refractivity contribution >= 4 is 11.6 Å². The molecule has 1 N–H and O–H groups in total. The van der Waals surface area contributed by atoms with E-state index in [1.165, 1.54) is 22.3 Å². The lowest BCUT2D eigenvalue weighted by Gasteiger charge is -2.14. The largest absolute Gasteiger partial charge is 0.310 e. The first-order valence-electron chi connectivity index (χ1n) is 7.21. The number of rotatable bonds is 5. The second-order valence-corrected chi connectivity index (χ2v) is 5.83. The molecule has 0 spiro atoms. The zero-order chi connectivity index (χ0) is 14.5. The second kappa shape index (κ2) is 6.92. The second-order valence-electron chi connectivity index (χ2n) is 5.39. The molecule has 0 bridgehead atoms. The van der Waals surface area contributed by atoms with Crippen LogP contribution in [0.25, 0.3) is 11.1 Å². The van der Waals surface area contributed by atoms with Crippen LogP contribution in [0.15, 0.2) is 42.5 Å². The Balaban J connectivity index is 2.38. The summed E-state index contributed by atoms with van der Waals surface area (Å²) < 4.78 is 0. The molecule has 0 unspecified atom stereocenters. The van der Waals surface area contributed by atoms with Gasteiger partial charge in [-0.2, -0.15) is 0 Å². The molecule has 0 aliphatic heterocycles. The van der Waals surface area contributed by atoms with Crippen molar-refractivity contribution in [2.75, 3.05) is 0 Å². The lowest BCUT2D eigenvalue weighted by Crippen LogP contribution is -2.22. The molecule has 0 heterocycles. The molecule has 0 aromatic heterocycles. The maximum absolute atomic E-state index is 6.15. The Hall–Kier alpha value is -1.31. The maximum Gasteiger partial charge on any atom is 0.0409 e. The number of hydrogen-bond donors (Lipinski definition) is 1. The third-order valence-electron chi connectivity index (χ3n) is 3.41. The van der Waals surface area contributed by atoms with Gasteiger partial charge in [-0.1, -0.05) is 62.7 Å². The molecule has 0 fully saturated rings. The van der Waals surface area contributed by atoms with Gasteiger partial charge in [-0.15, -0.1) is 0 Å². The third-order valence-corrected chi connectivity index (χ3v) is 3.65. The summed E-state index contributed by atoms with van der Waals surface area (Å²) in [7, 11) is 0. The number of hydrogen-bond acceptors (Lipinski definition) is 1. The fraction of sp³-hybridized carbons (Fsp3) is 0.333. The summed E-state index contributed by atoms with van der Waals surface area (Å²) in [6.45, 7) is 7.33.